The number of hydrogen-bond donors (Lipinski definition) is 1. The Morgan fingerprint density at radius 3 is 2.67 bits per heavy atom. The van der Waals surface area contributed by atoms with E-state index in [9.17, 15) is 0 Å². The van der Waals surface area contributed by atoms with E-state index in [4.69, 9.17) is 25.0 Å². The molecule has 6 nitrogen and oxygen atoms in total. The Morgan fingerprint density at radius 1 is 1.11 bits per heavy atom. The molecule has 2 N–H and O–H groups in total. The molecular weight excluding hydrogens is 342 g/mol. The minimum Gasteiger partial charge on any atom is -0.484 e. The molecule has 0 amide bonds. The van der Waals surface area contributed by atoms with Gasteiger partial charge in [-0.3, -0.25) is 0 Å². The summed E-state index contributed by atoms with van der Waals surface area (Å²) in [6.07, 6.45) is 2.45. The molecule has 0 saturated carbocycles. The van der Waals surface area contributed by atoms with Gasteiger partial charge in [0.25, 0.3) is 0 Å². The van der Waals surface area contributed by atoms with Crippen LogP contribution in [0.1, 0.15) is 24.8 Å². The molecule has 0 aliphatic carbocycles. The number of fused-ring (bicyclic) bond motifs is 2. The van der Waals surface area contributed by atoms with E-state index in [2.05, 4.69) is 24.3 Å². The van der Waals surface area contributed by atoms with Gasteiger partial charge in [-0.1, -0.05) is 36.4 Å². The van der Waals surface area contributed by atoms with Crippen LogP contribution < -0.4 is 10.5 Å². The highest BCUT2D eigenvalue weighted by Gasteiger charge is 2.55. The van der Waals surface area contributed by atoms with E-state index in [1.165, 1.54) is 0 Å². The molecule has 27 heavy (non-hydrogen) atoms. The van der Waals surface area contributed by atoms with Crippen LogP contribution >= 0.6 is 0 Å². The van der Waals surface area contributed by atoms with Gasteiger partial charge in [-0.2, -0.15) is 0 Å². The summed E-state index contributed by atoms with van der Waals surface area (Å²) >= 11 is 0. The van der Waals surface area contributed by atoms with Gasteiger partial charge in [0.05, 0.1) is 12.2 Å². The molecular formula is C21H23N3O3. The fourth-order valence-corrected chi connectivity index (χ4v) is 4.31. The lowest BCUT2D eigenvalue weighted by molar-refractivity contribution is -0.216. The van der Waals surface area contributed by atoms with Crippen LogP contribution in [0.3, 0.4) is 0 Å². The SMILES string of the molecule is CN1OC2(CC3(CCCOC3)Oc3ccc(-c4ccccc4)cc32)N=C1N. The molecule has 0 bridgehead atoms. The molecule has 6 heteroatoms. The van der Waals surface area contributed by atoms with E-state index >= 15 is 0 Å². The molecule has 3 heterocycles. The van der Waals surface area contributed by atoms with Gasteiger partial charge in [0.1, 0.15) is 11.4 Å². The van der Waals surface area contributed by atoms with E-state index < -0.39 is 11.3 Å². The van der Waals surface area contributed by atoms with Crippen molar-refractivity contribution in [3.8, 4) is 16.9 Å². The Balaban J connectivity index is 1.64. The lowest BCUT2D eigenvalue weighted by Gasteiger charge is -2.46. The fraction of sp³-hybridized carbons (Fsp3) is 0.381. The number of ether oxygens (including phenoxy) is 2. The van der Waals surface area contributed by atoms with Gasteiger partial charge >= 0.3 is 0 Å². The molecule has 0 aromatic heterocycles. The van der Waals surface area contributed by atoms with Crippen molar-refractivity contribution >= 4 is 5.96 Å². The van der Waals surface area contributed by atoms with E-state index in [1.807, 2.05) is 24.3 Å². The summed E-state index contributed by atoms with van der Waals surface area (Å²) in [5.74, 6) is 1.16. The van der Waals surface area contributed by atoms with Gasteiger partial charge in [-0.15, -0.1) is 0 Å². The third-order valence-electron chi connectivity index (χ3n) is 5.59. The van der Waals surface area contributed by atoms with Crippen LogP contribution in [0.25, 0.3) is 11.1 Å². The van der Waals surface area contributed by atoms with E-state index in [0.29, 0.717) is 19.0 Å². The monoisotopic (exact) mass is 365 g/mol. The quantitative estimate of drug-likeness (QED) is 0.841. The second kappa shape index (κ2) is 5.97. The smallest absolute Gasteiger partial charge is 0.222 e. The summed E-state index contributed by atoms with van der Waals surface area (Å²) in [4.78, 5) is 11.0. The van der Waals surface area contributed by atoms with Gasteiger partial charge < -0.3 is 15.2 Å². The van der Waals surface area contributed by atoms with Crippen molar-refractivity contribution in [1.82, 2.24) is 5.06 Å². The fourth-order valence-electron chi connectivity index (χ4n) is 4.31. The van der Waals surface area contributed by atoms with E-state index in [0.717, 1.165) is 41.9 Å². The molecule has 2 aromatic rings. The van der Waals surface area contributed by atoms with Crippen LogP contribution in [0.2, 0.25) is 0 Å². The summed E-state index contributed by atoms with van der Waals surface area (Å²) in [6.45, 7) is 1.31. The Labute approximate surface area is 158 Å². The molecule has 1 fully saturated rings. The highest BCUT2D eigenvalue weighted by Crippen LogP contribution is 2.51. The molecule has 2 spiro atoms. The van der Waals surface area contributed by atoms with Gasteiger partial charge in [-0.25, -0.2) is 14.9 Å². The number of benzene rings is 2. The summed E-state index contributed by atoms with van der Waals surface area (Å²) in [7, 11) is 1.79. The number of nitrogens with zero attached hydrogens (tertiary/aromatic N) is 2. The first-order valence-electron chi connectivity index (χ1n) is 9.34. The molecule has 2 atom stereocenters. The zero-order chi connectivity index (χ0) is 18.5. The predicted octanol–water partition coefficient (Wildman–Crippen LogP) is 3.03. The molecule has 3 aliphatic heterocycles. The Bertz CT molecular complexity index is 893. The number of guanidine groups is 1. The van der Waals surface area contributed by atoms with Crippen molar-refractivity contribution in [3.05, 3.63) is 54.1 Å². The zero-order valence-corrected chi connectivity index (χ0v) is 15.4. The summed E-state index contributed by atoms with van der Waals surface area (Å²) in [5, 5.41) is 1.54. The van der Waals surface area contributed by atoms with Crippen molar-refractivity contribution < 1.29 is 14.3 Å². The minimum absolute atomic E-state index is 0.375. The third kappa shape index (κ3) is 2.67. The number of hydrogen-bond acceptors (Lipinski definition) is 6. The van der Waals surface area contributed by atoms with Crippen LogP contribution in [0.15, 0.2) is 53.5 Å². The second-order valence-electron chi connectivity index (χ2n) is 7.54. The Hall–Kier alpha value is -2.57. The van der Waals surface area contributed by atoms with Gasteiger partial charge in [-0.05, 0) is 36.1 Å². The van der Waals surface area contributed by atoms with Crippen molar-refractivity contribution in [1.29, 1.82) is 0 Å². The van der Waals surface area contributed by atoms with Crippen LogP contribution in [-0.4, -0.2) is 36.9 Å². The lowest BCUT2D eigenvalue weighted by Crippen LogP contribution is -2.53. The second-order valence-corrected chi connectivity index (χ2v) is 7.54. The maximum absolute atomic E-state index is 6.47. The Kier molecular flexibility index (Phi) is 3.67. The largest absolute Gasteiger partial charge is 0.484 e. The number of rotatable bonds is 1. The lowest BCUT2D eigenvalue weighted by atomic mass is 9.80. The van der Waals surface area contributed by atoms with Crippen LogP contribution in [-0.2, 0) is 15.3 Å². The highest BCUT2D eigenvalue weighted by atomic mass is 16.7. The minimum atomic E-state index is -0.877. The van der Waals surface area contributed by atoms with Gasteiger partial charge in [0, 0.05) is 20.1 Å². The summed E-state index contributed by atoms with van der Waals surface area (Å²) in [6, 6.07) is 16.5. The topological polar surface area (TPSA) is 69.3 Å². The van der Waals surface area contributed by atoms with Gasteiger partial charge in [0.15, 0.2) is 0 Å². The van der Waals surface area contributed by atoms with Crippen LogP contribution in [0, 0.1) is 0 Å². The molecule has 1 saturated heterocycles. The van der Waals surface area contributed by atoms with Crippen molar-refractivity contribution in [2.75, 3.05) is 20.3 Å². The summed E-state index contributed by atoms with van der Waals surface area (Å²) in [5.41, 5.74) is 7.92. The highest BCUT2D eigenvalue weighted by molar-refractivity contribution is 5.79. The normalized spacial score (nSPS) is 29.5. The average molecular weight is 365 g/mol. The number of aliphatic imine (C=N–C) groups is 1. The maximum Gasteiger partial charge on any atom is 0.222 e. The van der Waals surface area contributed by atoms with E-state index in [1.54, 1.807) is 12.1 Å². The van der Waals surface area contributed by atoms with Crippen LogP contribution in [0.5, 0.6) is 5.75 Å². The molecule has 0 radical (unpaired) electrons. The first-order valence-corrected chi connectivity index (χ1v) is 9.34. The number of hydroxylamine groups is 2. The average Bonchev–Trinajstić information content (AvgIpc) is 2.96. The summed E-state index contributed by atoms with van der Waals surface area (Å²) < 4.78 is 12.2. The molecule has 3 aliphatic rings. The molecule has 2 unspecified atom stereocenters. The zero-order valence-electron chi connectivity index (χ0n) is 15.4. The first kappa shape index (κ1) is 16.6. The van der Waals surface area contributed by atoms with E-state index in [-0.39, 0.29) is 0 Å². The molecule has 140 valence electrons. The number of nitrogens with two attached hydrogens (primary N) is 1. The van der Waals surface area contributed by atoms with Crippen molar-refractivity contribution in [2.24, 2.45) is 10.7 Å². The third-order valence-corrected chi connectivity index (χ3v) is 5.59. The maximum atomic E-state index is 6.47. The van der Waals surface area contributed by atoms with Gasteiger partial charge in [0.2, 0.25) is 11.7 Å². The standard InChI is InChI=1S/C21H23N3O3/c1-24-19(22)23-21(27-24)13-20(10-5-11-25-14-20)26-18-9-8-16(12-17(18)21)15-6-3-2-4-7-15/h2-4,6-9,12H,5,10-11,13-14H2,1H3,(H2,22,23). The van der Waals surface area contributed by atoms with Crippen LogP contribution in [0.4, 0.5) is 0 Å². The predicted molar refractivity (Wildman–Crippen MR) is 102 cm³/mol. The van der Waals surface area contributed by atoms with Crippen molar-refractivity contribution in [3.63, 3.8) is 0 Å². The molecule has 2 aromatic carbocycles. The van der Waals surface area contributed by atoms with Crippen molar-refractivity contribution in [2.45, 2.75) is 30.6 Å². The first-order chi connectivity index (χ1) is 13.1. The Morgan fingerprint density at radius 2 is 1.96 bits per heavy atom. The molecule has 5 rings (SSSR count).